The molecule has 0 saturated carbocycles. The summed E-state index contributed by atoms with van der Waals surface area (Å²) in [4.78, 5) is 4.58. The predicted molar refractivity (Wildman–Crippen MR) is 142 cm³/mol. The minimum absolute atomic E-state index is 0.446. The highest BCUT2D eigenvalue weighted by Gasteiger charge is 2.18. The van der Waals surface area contributed by atoms with Gasteiger partial charge in [-0.05, 0) is 41.8 Å². The largest absolute Gasteiger partial charge is 0.497 e. The first-order valence-corrected chi connectivity index (χ1v) is 12.9. The number of benzene rings is 3. The van der Waals surface area contributed by atoms with Gasteiger partial charge in [-0.25, -0.2) is 0 Å². The molecule has 3 aromatic carbocycles. The van der Waals surface area contributed by atoms with Crippen molar-refractivity contribution in [3.63, 3.8) is 0 Å². The lowest BCUT2D eigenvalue weighted by molar-refractivity contribution is 0.388. The molecule has 0 aliphatic rings. The highest BCUT2D eigenvalue weighted by Crippen LogP contribution is 2.32. The van der Waals surface area contributed by atoms with Gasteiger partial charge in [-0.3, -0.25) is 4.57 Å². The van der Waals surface area contributed by atoms with Crippen LogP contribution in [-0.2, 0) is 18.6 Å². The summed E-state index contributed by atoms with van der Waals surface area (Å²) in [7, 11) is 3.21. The molecule has 2 aromatic heterocycles. The third-order valence-corrected chi connectivity index (χ3v) is 6.86. The number of nitrogens with zero attached hydrogens (tertiary/aromatic N) is 5. The smallest absolute Gasteiger partial charge is 0.237 e. The molecule has 8 nitrogen and oxygen atoms in total. The minimum atomic E-state index is 0.446. The first-order chi connectivity index (χ1) is 18.2. The fourth-order valence-electron chi connectivity index (χ4n) is 3.96. The van der Waals surface area contributed by atoms with Crippen molar-refractivity contribution in [2.24, 2.45) is 0 Å². The van der Waals surface area contributed by atoms with Gasteiger partial charge in [0.1, 0.15) is 17.3 Å². The third-order valence-electron chi connectivity index (χ3n) is 5.95. The van der Waals surface area contributed by atoms with Crippen LogP contribution >= 0.6 is 11.8 Å². The molecule has 0 atom stereocenters. The summed E-state index contributed by atoms with van der Waals surface area (Å²) >= 11 is 1.50. The second-order valence-electron chi connectivity index (χ2n) is 8.28. The minimum Gasteiger partial charge on any atom is -0.497 e. The van der Waals surface area contributed by atoms with Crippen LogP contribution in [0.4, 0.5) is 0 Å². The van der Waals surface area contributed by atoms with Crippen LogP contribution in [0.1, 0.15) is 29.8 Å². The van der Waals surface area contributed by atoms with E-state index in [2.05, 4.69) is 68.2 Å². The van der Waals surface area contributed by atoms with Crippen LogP contribution in [-0.4, -0.2) is 39.1 Å². The van der Waals surface area contributed by atoms with E-state index < -0.39 is 0 Å². The van der Waals surface area contributed by atoms with Crippen molar-refractivity contribution in [2.75, 3.05) is 14.2 Å². The van der Waals surface area contributed by atoms with Crippen molar-refractivity contribution in [3.05, 3.63) is 95.6 Å². The summed E-state index contributed by atoms with van der Waals surface area (Å²) in [5.41, 5.74) is 4.20. The number of hydrogen-bond donors (Lipinski definition) is 0. The average Bonchev–Trinajstić information content (AvgIpc) is 3.59. The first kappa shape index (κ1) is 24.6. The summed E-state index contributed by atoms with van der Waals surface area (Å²) in [6, 6.07) is 24.3. The molecular weight excluding hydrogens is 486 g/mol. The van der Waals surface area contributed by atoms with Gasteiger partial charge in [0.05, 0.1) is 25.5 Å². The molecule has 0 radical (unpaired) electrons. The number of rotatable bonds is 10. The molecule has 2 heterocycles. The maximum atomic E-state index is 5.55. The zero-order valence-electron chi connectivity index (χ0n) is 20.9. The number of thioether (sulfide) groups is 1. The van der Waals surface area contributed by atoms with E-state index in [9.17, 15) is 0 Å². The van der Waals surface area contributed by atoms with Gasteiger partial charge >= 0.3 is 0 Å². The second kappa shape index (κ2) is 11.3. The monoisotopic (exact) mass is 513 g/mol. The predicted octanol–water partition coefficient (Wildman–Crippen LogP) is 5.78. The fraction of sp³-hybridized carbons (Fsp3) is 0.214. The molecule has 0 aliphatic carbocycles. The van der Waals surface area contributed by atoms with Gasteiger partial charge < -0.3 is 14.0 Å². The fourth-order valence-corrected chi connectivity index (χ4v) is 4.77. The van der Waals surface area contributed by atoms with E-state index in [4.69, 9.17) is 14.0 Å². The van der Waals surface area contributed by atoms with E-state index in [1.165, 1.54) is 22.9 Å². The van der Waals surface area contributed by atoms with E-state index in [0.29, 0.717) is 35.4 Å². The quantitative estimate of drug-likeness (QED) is 0.217. The Hall–Kier alpha value is -4.11. The van der Waals surface area contributed by atoms with Gasteiger partial charge in [-0.2, -0.15) is 4.98 Å². The first-order valence-electron chi connectivity index (χ1n) is 11.9. The molecule has 0 N–H and O–H groups in total. The molecule has 0 spiro atoms. The van der Waals surface area contributed by atoms with Crippen molar-refractivity contribution < 1.29 is 14.0 Å². The number of ether oxygens (including phenoxy) is 2. The Morgan fingerprint density at radius 2 is 1.70 bits per heavy atom. The summed E-state index contributed by atoms with van der Waals surface area (Å²) in [6.45, 7) is 2.15. The topological polar surface area (TPSA) is 88.1 Å². The molecule has 5 aromatic rings. The number of aromatic nitrogens is 5. The summed E-state index contributed by atoms with van der Waals surface area (Å²) in [5, 5.41) is 14.0. The molecule has 0 fully saturated rings. The van der Waals surface area contributed by atoms with E-state index in [1.807, 2.05) is 30.3 Å². The number of methoxy groups -OCH3 is 2. The number of hydrogen-bond acceptors (Lipinski definition) is 8. The van der Waals surface area contributed by atoms with Crippen molar-refractivity contribution >= 4 is 11.8 Å². The Kier molecular flexibility index (Phi) is 7.51. The van der Waals surface area contributed by atoms with Crippen LogP contribution in [0.15, 0.2) is 82.5 Å². The van der Waals surface area contributed by atoms with Gasteiger partial charge in [-0.15, -0.1) is 10.2 Å². The van der Waals surface area contributed by atoms with Crippen molar-refractivity contribution in [2.45, 2.75) is 30.7 Å². The van der Waals surface area contributed by atoms with Crippen LogP contribution in [0, 0.1) is 0 Å². The van der Waals surface area contributed by atoms with E-state index in [0.717, 1.165) is 28.7 Å². The van der Waals surface area contributed by atoms with Crippen LogP contribution in [0.5, 0.6) is 11.5 Å². The Bertz CT molecular complexity index is 1470. The normalized spacial score (nSPS) is 11.0. The van der Waals surface area contributed by atoms with Gasteiger partial charge in [0.2, 0.25) is 11.7 Å². The van der Waals surface area contributed by atoms with Crippen molar-refractivity contribution in [1.82, 2.24) is 24.9 Å². The Morgan fingerprint density at radius 1 is 0.892 bits per heavy atom. The zero-order chi connectivity index (χ0) is 25.6. The summed E-state index contributed by atoms with van der Waals surface area (Å²) in [6.07, 6.45) is 1.66. The molecule has 0 unspecified atom stereocenters. The second-order valence-corrected chi connectivity index (χ2v) is 9.23. The zero-order valence-corrected chi connectivity index (χ0v) is 21.7. The maximum Gasteiger partial charge on any atom is 0.237 e. The van der Waals surface area contributed by atoms with E-state index >= 15 is 0 Å². The highest BCUT2D eigenvalue weighted by molar-refractivity contribution is 7.98. The lowest BCUT2D eigenvalue weighted by Gasteiger charge is -2.11. The molecule has 0 aliphatic heterocycles. The molecular formula is C28H27N5O3S. The van der Waals surface area contributed by atoms with Crippen molar-refractivity contribution in [3.8, 4) is 28.6 Å². The van der Waals surface area contributed by atoms with Crippen LogP contribution in [0.2, 0.25) is 0 Å². The maximum absolute atomic E-state index is 5.55. The van der Waals surface area contributed by atoms with Gasteiger partial charge in [0, 0.05) is 18.2 Å². The van der Waals surface area contributed by atoms with Crippen LogP contribution in [0.3, 0.4) is 0 Å². The molecule has 9 heteroatoms. The Morgan fingerprint density at radius 3 is 2.43 bits per heavy atom. The molecule has 5 rings (SSSR count). The van der Waals surface area contributed by atoms with Gasteiger partial charge in [-0.1, -0.05) is 66.3 Å². The Labute approximate surface area is 219 Å². The van der Waals surface area contributed by atoms with Gasteiger partial charge in [0.25, 0.3) is 0 Å². The molecule has 0 bridgehead atoms. The molecule has 37 heavy (non-hydrogen) atoms. The standard InChI is InChI=1S/C28H27N5O3S/c1-4-19-10-12-21(13-11-19)33-25(16-20-8-6-5-7-9-20)30-31-28(33)37-18-26-29-27(32-36-26)23-15-14-22(34-2)17-24(23)35-3/h5-15,17H,4,16,18H2,1-3H3. The molecule has 188 valence electrons. The lowest BCUT2D eigenvalue weighted by atomic mass is 10.1. The highest BCUT2D eigenvalue weighted by atomic mass is 32.2. The number of aryl methyl sites for hydroxylation is 1. The third kappa shape index (κ3) is 5.51. The lowest BCUT2D eigenvalue weighted by Crippen LogP contribution is -2.04. The van der Waals surface area contributed by atoms with Crippen molar-refractivity contribution in [1.29, 1.82) is 0 Å². The summed E-state index contributed by atoms with van der Waals surface area (Å²) in [5.74, 6) is 3.56. The van der Waals surface area contributed by atoms with E-state index in [1.54, 1.807) is 20.3 Å². The SMILES string of the molecule is CCc1ccc(-n2c(Cc3ccccc3)nnc2SCc2nc(-c3ccc(OC)cc3OC)no2)cc1. The van der Waals surface area contributed by atoms with Crippen LogP contribution in [0.25, 0.3) is 17.1 Å². The summed E-state index contributed by atoms with van der Waals surface area (Å²) < 4.78 is 18.4. The molecule has 0 saturated heterocycles. The molecule has 0 amide bonds. The van der Waals surface area contributed by atoms with Crippen LogP contribution < -0.4 is 9.47 Å². The average molecular weight is 514 g/mol. The van der Waals surface area contributed by atoms with Gasteiger partial charge in [0.15, 0.2) is 5.16 Å². The van der Waals surface area contributed by atoms with E-state index in [-0.39, 0.29) is 0 Å². The Balaban J connectivity index is 1.40.